The minimum Gasteiger partial charge on any atom is -0.496 e. The molecule has 1 amide bonds. The van der Waals surface area contributed by atoms with Crippen molar-refractivity contribution >= 4 is 15.9 Å². The smallest absolute Gasteiger partial charge is 0.241 e. The summed E-state index contributed by atoms with van der Waals surface area (Å²) in [5.41, 5.74) is 0.770. The molecule has 8 heteroatoms. The van der Waals surface area contributed by atoms with E-state index in [-0.39, 0.29) is 11.4 Å². The summed E-state index contributed by atoms with van der Waals surface area (Å²) in [6.45, 7) is 1.63. The Morgan fingerprint density at radius 3 is 2.44 bits per heavy atom. The third-order valence-electron chi connectivity index (χ3n) is 3.49. The Hall–Kier alpha value is -2.45. The van der Waals surface area contributed by atoms with E-state index >= 15 is 0 Å². The van der Waals surface area contributed by atoms with Gasteiger partial charge in [-0.3, -0.25) is 4.79 Å². The van der Waals surface area contributed by atoms with Crippen molar-refractivity contribution in [2.24, 2.45) is 0 Å². The number of ether oxygens (including phenoxy) is 1. The van der Waals surface area contributed by atoms with Gasteiger partial charge in [-0.2, -0.15) is 4.72 Å². The highest BCUT2D eigenvalue weighted by Gasteiger charge is 2.22. The van der Waals surface area contributed by atoms with Gasteiger partial charge in [0.05, 0.1) is 18.0 Å². The summed E-state index contributed by atoms with van der Waals surface area (Å²) in [6, 6.07) is 10.5. The summed E-state index contributed by atoms with van der Waals surface area (Å²) < 4.78 is 44.8. The topological polar surface area (TPSA) is 84.5 Å². The van der Waals surface area contributed by atoms with E-state index in [4.69, 9.17) is 4.74 Å². The van der Waals surface area contributed by atoms with E-state index in [1.54, 1.807) is 12.1 Å². The van der Waals surface area contributed by atoms with Crippen LogP contribution in [0.25, 0.3) is 0 Å². The average molecular weight is 366 g/mol. The molecule has 2 aromatic rings. The molecule has 0 heterocycles. The standard InChI is InChI=1S/C17H19FN2O4S/c1-12(20-25(22,23)15-9-7-14(18)8-10-15)17(21)19-11-13-5-3-4-6-16(13)24-2/h3-10,12,20H,11H2,1-2H3,(H,19,21)/t12-/m1/s1. The van der Waals surface area contributed by atoms with Crippen LogP contribution in [0.5, 0.6) is 5.75 Å². The molecule has 0 aliphatic heterocycles. The monoisotopic (exact) mass is 366 g/mol. The summed E-state index contributed by atoms with van der Waals surface area (Å²) in [5.74, 6) is -0.402. The fraction of sp³-hybridized carbons (Fsp3) is 0.235. The molecular formula is C17H19FN2O4S. The van der Waals surface area contributed by atoms with Crippen LogP contribution in [0.1, 0.15) is 12.5 Å². The molecule has 0 saturated carbocycles. The lowest BCUT2D eigenvalue weighted by Crippen LogP contribution is -2.44. The normalized spacial score (nSPS) is 12.4. The van der Waals surface area contributed by atoms with E-state index in [2.05, 4.69) is 10.0 Å². The summed E-state index contributed by atoms with van der Waals surface area (Å²) in [4.78, 5) is 12.0. The molecule has 0 aromatic heterocycles. The number of sulfonamides is 1. The first kappa shape index (κ1) is 18.9. The van der Waals surface area contributed by atoms with Crippen LogP contribution in [0.2, 0.25) is 0 Å². The van der Waals surface area contributed by atoms with Crippen molar-refractivity contribution in [2.45, 2.75) is 24.4 Å². The number of rotatable bonds is 7. The second-order valence-electron chi connectivity index (χ2n) is 5.33. The first-order valence-corrected chi connectivity index (χ1v) is 8.99. The zero-order chi connectivity index (χ0) is 18.4. The second kappa shape index (κ2) is 8.09. The highest BCUT2D eigenvalue weighted by molar-refractivity contribution is 7.89. The van der Waals surface area contributed by atoms with Crippen LogP contribution in [-0.2, 0) is 21.4 Å². The Morgan fingerprint density at radius 1 is 1.16 bits per heavy atom. The van der Waals surface area contributed by atoms with Gasteiger partial charge in [0, 0.05) is 12.1 Å². The van der Waals surface area contributed by atoms with Gasteiger partial charge in [0.25, 0.3) is 0 Å². The quantitative estimate of drug-likeness (QED) is 0.783. The van der Waals surface area contributed by atoms with Gasteiger partial charge in [-0.05, 0) is 37.3 Å². The van der Waals surface area contributed by atoms with E-state index < -0.39 is 27.8 Å². The van der Waals surface area contributed by atoms with Crippen molar-refractivity contribution in [1.29, 1.82) is 0 Å². The number of para-hydroxylation sites is 1. The minimum absolute atomic E-state index is 0.113. The van der Waals surface area contributed by atoms with Gasteiger partial charge < -0.3 is 10.1 Å². The fourth-order valence-electron chi connectivity index (χ4n) is 2.15. The van der Waals surface area contributed by atoms with E-state index in [1.807, 2.05) is 12.1 Å². The van der Waals surface area contributed by atoms with Crippen LogP contribution >= 0.6 is 0 Å². The summed E-state index contributed by atoms with van der Waals surface area (Å²) in [6.07, 6.45) is 0. The average Bonchev–Trinajstić information content (AvgIpc) is 2.59. The molecule has 0 bridgehead atoms. The Labute approximate surface area is 146 Å². The van der Waals surface area contributed by atoms with E-state index in [0.717, 1.165) is 29.8 Å². The minimum atomic E-state index is -3.92. The Morgan fingerprint density at radius 2 is 1.80 bits per heavy atom. The molecule has 1 atom stereocenters. The number of hydrogen-bond acceptors (Lipinski definition) is 4. The maximum Gasteiger partial charge on any atom is 0.241 e. The maximum absolute atomic E-state index is 12.9. The zero-order valence-corrected chi connectivity index (χ0v) is 14.6. The molecule has 0 unspecified atom stereocenters. The van der Waals surface area contributed by atoms with Gasteiger partial charge in [0.15, 0.2) is 0 Å². The van der Waals surface area contributed by atoms with Gasteiger partial charge in [0.2, 0.25) is 15.9 Å². The predicted octanol–water partition coefficient (Wildman–Crippen LogP) is 1.82. The first-order valence-electron chi connectivity index (χ1n) is 7.51. The number of carbonyl (C=O) groups is 1. The molecule has 0 radical (unpaired) electrons. The highest BCUT2D eigenvalue weighted by Crippen LogP contribution is 2.16. The van der Waals surface area contributed by atoms with Crippen molar-refractivity contribution in [3.8, 4) is 5.75 Å². The van der Waals surface area contributed by atoms with Crippen molar-refractivity contribution in [1.82, 2.24) is 10.0 Å². The van der Waals surface area contributed by atoms with Gasteiger partial charge in [-0.1, -0.05) is 18.2 Å². The first-order chi connectivity index (χ1) is 11.8. The largest absolute Gasteiger partial charge is 0.496 e. The third-order valence-corrected chi connectivity index (χ3v) is 5.05. The fourth-order valence-corrected chi connectivity index (χ4v) is 3.36. The molecule has 0 fully saturated rings. The molecule has 2 rings (SSSR count). The lowest BCUT2D eigenvalue weighted by molar-refractivity contribution is -0.122. The SMILES string of the molecule is COc1ccccc1CNC(=O)[C@@H](C)NS(=O)(=O)c1ccc(F)cc1. The number of benzene rings is 2. The number of amides is 1. The molecule has 0 saturated heterocycles. The lowest BCUT2D eigenvalue weighted by atomic mass is 10.2. The molecule has 134 valence electrons. The Bertz CT molecular complexity index is 838. The van der Waals surface area contributed by atoms with Crippen LogP contribution in [0, 0.1) is 5.82 Å². The Kier molecular flexibility index (Phi) is 6.11. The van der Waals surface area contributed by atoms with Crippen molar-refractivity contribution < 1.29 is 22.3 Å². The number of methoxy groups -OCH3 is 1. The van der Waals surface area contributed by atoms with E-state index in [9.17, 15) is 17.6 Å². The summed E-state index contributed by atoms with van der Waals surface area (Å²) >= 11 is 0. The van der Waals surface area contributed by atoms with Crippen LogP contribution in [-0.4, -0.2) is 27.5 Å². The van der Waals surface area contributed by atoms with E-state index in [1.165, 1.54) is 14.0 Å². The molecule has 6 nitrogen and oxygen atoms in total. The van der Waals surface area contributed by atoms with Crippen molar-refractivity contribution in [2.75, 3.05) is 7.11 Å². The zero-order valence-electron chi connectivity index (χ0n) is 13.8. The van der Waals surface area contributed by atoms with Crippen LogP contribution in [0.4, 0.5) is 4.39 Å². The molecule has 2 aromatic carbocycles. The van der Waals surface area contributed by atoms with Crippen molar-refractivity contribution in [3.05, 3.63) is 59.9 Å². The molecular weight excluding hydrogens is 347 g/mol. The molecule has 0 aliphatic rings. The summed E-state index contributed by atoms with van der Waals surface area (Å²) in [7, 11) is -2.39. The number of carbonyl (C=O) groups excluding carboxylic acids is 1. The summed E-state index contributed by atoms with van der Waals surface area (Å²) in [5, 5.41) is 2.65. The van der Waals surface area contributed by atoms with Gasteiger partial charge >= 0.3 is 0 Å². The predicted molar refractivity (Wildman–Crippen MR) is 91.0 cm³/mol. The molecule has 0 aliphatic carbocycles. The second-order valence-corrected chi connectivity index (χ2v) is 7.04. The van der Waals surface area contributed by atoms with E-state index in [0.29, 0.717) is 5.75 Å². The number of hydrogen-bond donors (Lipinski definition) is 2. The van der Waals surface area contributed by atoms with Crippen LogP contribution in [0.15, 0.2) is 53.4 Å². The van der Waals surface area contributed by atoms with Gasteiger partial charge in [-0.25, -0.2) is 12.8 Å². The number of halogens is 1. The Balaban J connectivity index is 1.99. The molecule has 0 spiro atoms. The van der Waals surface area contributed by atoms with Crippen LogP contribution < -0.4 is 14.8 Å². The molecule has 25 heavy (non-hydrogen) atoms. The van der Waals surface area contributed by atoms with Crippen LogP contribution in [0.3, 0.4) is 0 Å². The van der Waals surface area contributed by atoms with Gasteiger partial charge in [-0.15, -0.1) is 0 Å². The van der Waals surface area contributed by atoms with Gasteiger partial charge in [0.1, 0.15) is 11.6 Å². The third kappa shape index (κ3) is 5.01. The lowest BCUT2D eigenvalue weighted by Gasteiger charge is -2.15. The molecule has 2 N–H and O–H groups in total. The number of nitrogens with one attached hydrogen (secondary N) is 2. The van der Waals surface area contributed by atoms with Crippen molar-refractivity contribution in [3.63, 3.8) is 0 Å². The highest BCUT2D eigenvalue weighted by atomic mass is 32.2. The maximum atomic E-state index is 12.9.